The van der Waals surface area contributed by atoms with Crippen LogP contribution in [0, 0.1) is 5.92 Å². The molecule has 0 radical (unpaired) electrons. The van der Waals surface area contributed by atoms with Gasteiger partial charge in [-0.3, -0.25) is 9.69 Å². The number of hydrogen-bond donors (Lipinski definition) is 3. The monoisotopic (exact) mass is 660 g/mol. The molecule has 0 spiro atoms. The molecule has 0 saturated heterocycles. The number of para-hydroxylation sites is 1. The van der Waals surface area contributed by atoms with Crippen LogP contribution in [0.2, 0.25) is 0 Å². The molecule has 258 valence electrons. The summed E-state index contributed by atoms with van der Waals surface area (Å²) in [6, 6.07) is 19.3. The fraction of sp³-hybridized carbons (Fsp3) is 0.459. The number of rotatable bonds is 8. The molecule has 2 aliphatic heterocycles. The lowest BCUT2D eigenvalue weighted by Crippen LogP contribution is -2.47. The molecule has 0 aromatic heterocycles. The highest BCUT2D eigenvalue weighted by atomic mass is 16.7. The highest BCUT2D eigenvalue weighted by Gasteiger charge is 2.30. The molecule has 0 aliphatic carbocycles. The SMILES string of the molecule is C[C@H](CO)N1C[C@H](C)[C@H](CN(C)Cc2ccc3c(c2)OCO3)OCCCC[C@H](C)Oc2ccc(NC(=O)Nc3ccccc3)cc2C1=O. The van der Waals surface area contributed by atoms with Gasteiger partial charge in [-0.05, 0) is 88.2 Å². The zero-order valence-corrected chi connectivity index (χ0v) is 28.3. The standard InChI is InChI=1S/C37H48N4O7/c1-25-20-41(26(2)23-42)36(43)31-19-30(39-37(44)38-29-11-6-5-7-12-29)14-16-32(31)48-27(3)10-8-9-17-45-35(25)22-40(4)21-28-13-15-33-34(18-28)47-24-46-33/h5-7,11-16,18-19,25-27,35,42H,8-10,17,20-24H2,1-4H3,(H2,38,39,44)/t25-,26+,27-,35-/m0/s1. The first-order valence-electron chi connectivity index (χ1n) is 16.7. The van der Waals surface area contributed by atoms with Gasteiger partial charge in [0.1, 0.15) is 5.75 Å². The largest absolute Gasteiger partial charge is 0.490 e. The summed E-state index contributed by atoms with van der Waals surface area (Å²) in [6.45, 7) is 8.21. The molecule has 3 N–H and O–H groups in total. The lowest BCUT2D eigenvalue weighted by molar-refractivity contribution is -0.0177. The van der Waals surface area contributed by atoms with Crippen LogP contribution in [0.25, 0.3) is 0 Å². The quantitative estimate of drug-likeness (QED) is 0.270. The van der Waals surface area contributed by atoms with Gasteiger partial charge in [0.2, 0.25) is 6.79 Å². The number of fused-ring (bicyclic) bond motifs is 2. The number of amides is 3. The van der Waals surface area contributed by atoms with Crippen molar-refractivity contribution in [1.29, 1.82) is 0 Å². The number of hydrogen-bond acceptors (Lipinski definition) is 8. The summed E-state index contributed by atoms with van der Waals surface area (Å²) in [4.78, 5) is 31.1. The molecule has 11 heteroatoms. The maximum absolute atomic E-state index is 14.4. The number of aliphatic hydroxyl groups excluding tert-OH is 1. The summed E-state index contributed by atoms with van der Waals surface area (Å²) in [7, 11) is 2.06. The molecule has 48 heavy (non-hydrogen) atoms. The number of anilines is 2. The minimum atomic E-state index is -0.469. The van der Waals surface area contributed by atoms with Crippen LogP contribution in [-0.2, 0) is 11.3 Å². The predicted octanol–water partition coefficient (Wildman–Crippen LogP) is 5.99. The van der Waals surface area contributed by atoms with E-state index in [2.05, 4.69) is 29.5 Å². The topological polar surface area (TPSA) is 122 Å². The van der Waals surface area contributed by atoms with Crippen LogP contribution in [0.3, 0.4) is 0 Å². The van der Waals surface area contributed by atoms with Gasteiger partial charge >= 0.3 is 6.03 Å². The number of ether oxygens (including phenoxy) is 4. The van der Waals surface area contributed by atoms with Crippen LogP contribution in [0.1, 0.15) is 56.0 Å². The van der Waals surface area contributed by atoms with Crippen molar-refractivity contribution >= 4 is 23.3 Å². The molecule has 5 rings (SSSR count). The third kappa shape index (κ3) is 9.40. The van der Waals surface area contributed by atoms with Gasteiger partial charge in [0.25, 0.3) is 5.91 Å². The Morgan fingerprint density at radius 2 is 1.73 bits per heavy atom. The van der Waals surface area contributed by atoms with Gasteiger partial charge in [0.15, 0.2) is 11.5 Å². The van der Waals surface area contributed by atoms with Gasteiger partial charge in [-0.2, -0.15) is 0 Å². The van der Waals surface area contributed by atoms with E-state index in [1.807, 2.05) is 50.2 Å². The van der Waals surface area contributed by atoms with Crippen molar-refractivity contribution < 1.29 is 33.6 Å². The maximum Gasteiger partial charge on any atom is 0.323 e. The summed E-state index contributed by atoms with van der Waals surface area (Å²) in [5, 5.41) is 15.9. The van der Waals surface area contributed by atoms with Crippen LogP contribution < -0.4 is 24.8 Å². The van der Waals surface area contributed by atoms with Gasteiger partial charge in [-0.15, -0.1) is 0 Å². The van der Waals surface area contributed by atoms with Gasteiger partial charge < -0.3 is 39.6 Å². The Kier molecular flexibility index (Phi) is 12.2. The van der Waals surface area contributed by atoms with Crippen LogP contribution in [-0.4, -0.2) is 85.2 Å². The molecule has 3 aromatic rings. The summed E-state index contributed by atoms with van der Waals surface area (Å²) in [5.41, 5.74) is 2.52. The number of nitrogens with one attached hydrogen (secondary N) is 2. The van der Waals surface area contributed by atoms with Gasteiger partial charge in [0.05, 0.1) is 30.4 Å². The average Bonchev–Trinajstić information content (AvgIpc) is 3.54. The second kappa shape index (κ2) is 16.7. The van der Waals surface area contributed by atoms with Gasteiger partial charge in [0, 0.05) is 43.5 Å². The predicted molar refractivity (Wildman–Crippen MR) is 185 cm³/mol. The van der Waals surface area contributed by atoms with Crippen LogP contribution >= 0.6 is 0 Å². The van der Waals surface area contributed by atoms with Crippen molar-refractivity contribution in [2.75, 3.05) is 50.8 Å². The van der Waals surface area contributed by atoms with Crippen LogP contribution in [0.4, 0.5) is 16.2 Å². The zero-order valence-electron chi connectivity index (χ0n) is 28.3. The molecular formula is C37H48N4O7. The Hall–Kier alpha value is -4.32. The second-order valence-corrected chi connectivity index (χ2v) is 12.8. The van der Waals surface area contributed by atoms with E-state index in [-0.39, 0.29) is 37.4 Å². The third-order valence-corrected chi connectivity index (χ3v) is 8.72. The average molecular weight is 661 g/mol. The molecule has 0 saturated carbocycles. The minimum absolute atomic E-state index is 0.0636. The third-order valence-electron chi connectivity index (χ3n) is 8.72. The Morgan fingerprint density at radius 1 is 0.979 bits per heavy atom. The van der Waals surface area contributed by atoms with Crippen molar-refractivity contribution in [1.82, 2.24) is 9.80 Å². The number of carbonyl (C=O) groups excluding carboxylic acids is 2. The number of urea groups is 1. The van der Waals surface area contributed by atoms with E-state index in [0.717, 1.165) is 36.3 Å². The fourth-order valence-electron chi connectivity index (χ4n) is 6.00. The van der Waals surface area contributed by atoms with Crippen LogP contribution in [0.5, 0.6) is 17.2 Å². The van der Waals surface area contributed by atoms with E-state index in [4.69, 9.17) is 18.9 Å². The summed E-state index contributed by atoms with van der Waals surface area (Å²) < 4.78 is 23.9. The van der Waals surface area contributed by atoms with E-state index in [9.17, 15) is 14.7 Å². The first-order chi connectivity index (χ1) is 23.2. The van der Waals surface area contributed by atoms with Crippen molar-refractivity contribution in [2.24, 2.45) is 5.92 Å². The smallest absolute Gasteiger partial charge is 0.323 e. The molecule has 2 aliphatic rings. The number of aliphatic hydroxyl groups is 1. The molecule has 11 nitrogen and oxygen atoms in total. The normalized spacial score (nSPS) is 20.8. The van der Waals surface area contributed by atoms with E-state index < -0.39 is 12.1 Å². The summed E-state index contributed by atoms with van der Waals surface area (Å²) in [5.74, 6) is 1.60. The Labute approximate surface area is 283 Å². The zero-order chi connectivity index (χ0) is 34.0. The number of nitrogens with zero attached hydrogens (tertiary/aromatic N) is 2. The van der Waals surface area contributed by atoms with Gasteiger partial charge in [-0.25, -0.2) is 4.79 Å². The Balaban J connectivity index is 1.36. The van der Waals surface area contributed by atoms with E-state index >= 15 is 0 Å². The molecule has 2 heterocycles. The first kappa shape index (κ1) is 35.0. The minimum Gasteiger partial charge on any atom is -0.490 e. The molecule has 0 fully saturated rings. The lowest BCUT2D eigenvalue weighted by Gasteiger charge is -2.36. The molecular weight excluding hydrogens is 612 g/mol. The molecule has 0 unspecified atom stereocenters. The number of carbonyl (C=O) groups is 2. The lowest BCUT2D eigenvalue weighted by atomic mass is 10.0. The van der Waals surface area contributed by atoms with Crippen molar-refractivity contribution in [3.63, 3.8) is 0 Å². The fourth-order valence-corrected chi connectivity index (χ4v) is 6.00. The highest BCUT2D eigenvalue weighted by molar-refractivity contribution is 6.02. The van der Waals surface area contributed by atoms with Crippen molar-refractivity contribution in [3.05, 3.63) is 77.9 Å². The summed E-state index contributed by atoms with van der Waals surface area (Å²) >= 11 is 0. The Morgan fingerprint density at radius 3 is 2.52 bits per heavy atom. The van der Waals surface area contributed by atoms with E-state index in [1.165, 1.54) is 0 Å². The number of benzene rings is 3. The van der Waals surface area contributed by atoms with Crippen molar-refractivity contribution in [3.8, 4) is 17.2 Å². The van der Waals surface area contributed by atoms with Crippen molar-refractivity contribution in [2.45, 2.75) is 64.8 Å². The molecule has 3 aromatic carbocycles. The number of likely N-dealkylation sites (N-methyl/N-ethyl adjacent to an activating group) is 1. The maximum atomic E-state index is 14.4. The highest BCUT2D eigenvalue weighted by Crippen LogP contribution is 2.33. The second-order valence-electron chi connectivity index (χ2n) is 12.8. The first-order valence-corrected chi connectivity index (χ1v) is 16.7. The van der Waals surface area contributed by atoms with Crippen LogP contribution in [0.15, 0.2) is 66.7 Å². The Bertz CT molecular complexity index is 1520. The van der Waals surface area contributed by atoms with E-state index in [1.54, 1.807) is 35.2 Å². The van der Waals surface area contributed by atoms with E-state index in [0.29, 0.717) is 48.9 Å². The molecule has 3 amide bonds. The molecule has 4 atom stereocenters. The van der Waals surface area contributed by atoms with Gasteiger partial charge in [-0.1, -0.05) is 31.2 Å². The summed E-state index contributed by atoms with van der Waals surface area (Å²) in [6.07, 6.45) is 2.26. The molecule has 0 bridgehead atoms.